The van der Waals surface area contributed by atoms with Crippen LogP contribution in [0.1, 0.15) is 33.9 Å². The molecule has 3 heterocycles. The quantitative estimate of drug-likeness (QED) is 0.280. The molecule has 1 unspecified atom stereocenters. The van der Waals surface area contributed by atoms with Gasteiger partial charge in [0.15, 0.2) is 0 Å². The number of hydrogen-bond donors (Lipinski definition) is 0. The van der Waals surface area contributed by atoms with Crippen molar-refractivity contribution in [3.63, 3.8) is 0 Å². The van der Waals surface area contributed by atoms with Crippen molar-refractivity contribution in [3.8, 4) is 28.5 Å². The summed E-state index contributed by atoms with van der Waals surface area (Å²) in [5, 5.41) is 3.47. The Balaban J connectivity index is 1.67. The van der Waals surface area contributed by atoms with Gasteiger partial charge >= 0.3 is 0 Å². The topological polar surface area (TPSA) is 83.0 Å². The number of fused-ring (bicyclic) bond motifs is 1. The second kappa shape index (κ2) is 11.4. The molecule has 0 N–H and O–H groups in total. The van der Waals surface area contributed by atoms with Gasteiger partial charge in [0.05, 0.1) is 38.1 Å². The maximum atomic E-state index is 13.7. The van der Waals surface area contributed by atoms with E-state index in [1.807, 2.05) is 59.7 Å². The predicted octanol–water partition coefficient (Wildman–Crippen LogP) is 5.51. The van der Waals surface area contributed by atoms with Gasteiger partial charge in [-0.25, -0.2) is 9.97 Å². The number of para-hydroxylation sites is 1. The fraction of sp³-hybridized carbons (Fsp3) is 0.345. The highest BCUT2D eigenvalue weighted by atomic mass is 32.1. The summed E-state index contributed by atoms with van der Waals surface area (Å²) in [6.45, 7) is 3.39. The van der Waals surface area contributed by atoms with E-state index < -0.39 is 0 Å². The molecule has 1 saturated heterocycles. The van der Waals surface area contributed by atoms with E-state index in [0.717, 1.165) is 34.4 Å². The Bertz CT molecular complexity index is 1450. The second-order valence-electron chi connectivity index (χ2n) is 9.14. The zero-order chi connectivity index (χ0) is 26.6. The second-order valence-corrected chi connectivity index (χ2v) is 10.2. The van der Waals surface area contributed by atoms with Crippen LogP contribution in [0.15, 0.2) is 47.8 Å². The van der Waals surface area contributed by atoms with Crippen LogP contribution in [0.3, 0.4) is 0 Å². The molecule has 1 amide bonds. The molecule has 0 bridgehead atoms. The molecule has 0 aliphatic carbocycles. The van der Waals surface area contributed by atoms with Gasteiger partial charge in [0, 0.05) is 36.0 Å². The summed E-state index contributed by atoms with van der Waals surface area (Å²) in [6, 6.07) is 13.5. The first-order valence-corrected chi connectivity index (χ1v) is 13.4. The van der Waals surface area contributed by atoms with Gasteiger partial charge in [0.1, 0.15) is 28.5 Å². The van der Waals surface area contributed by atoms with Crippen molar-refractivity contribution >= 4 is 28.1 Å². The van der Waals surface area contributed by atoms with E-state index >= 15 is 0 Å². The van der Waals surface area contributed by atoms with E-state index in [-0.39, 0.29) is 12.0 Å². The van der Waals surface area contributed by atoms with Crippen LogP contribution in [0.4, 0.5) is 0 Å². The monoisotopic (exact) mass is 533 g/mol. The maximum absolute atomic E-state index is 13.7. The fourth-order valence-electron chi connectivity index (χ4n) is 4.87. The number of aryl methyl sites for hydroxylation is 1. The van der Waals surface area contributed by atoms with Gasteiger partial charge in [-0.05, 0) is 55.7 Å². The number of hydrogen-bond acceptors (Lipinski definition) is 8. The predicted molar refractivity (Wildman–Crippen MR) is 147 cm³/mol. The number of nitrogens with zero attached hydrogens (tertiary/aromatic N) is 3. The molecule has 1 fully saturated rings. The molecule has 1 aliphatic heterocycles. The number of carbonyl (C=O) groups excluding carboxylic acids is 1. The molecular weight excluding hydrogens is 502 g/mol. The van der Waals surface area contributed by atoms with E-state index in [9.17, 15) is 4.79 Å². The van der Waals surface area contributed by atoms with Crippen molar-refractivity contribution in [1.82, 2.24) is 14.9 Å². The Labute approximate surface area is 226 Å². The molecule has 1 atom stereocenters. The summed E-state index contributed by atoms with van der Waals surface area (Å²) in [4.78, 5) is 25.1. The maximum Gasteiger partial charge on any atom is 0.273 e. The van der Waals surface area contributed by atoms with E-state index in [0.29, 0.717) is 53.8 Å². The minimum Gasteiger partial charge on any atom is -0.496 e. The van der Waals surface area contributed by atoms with Crippen molar-refractivity contribution < 1.29 is 23.7 Å². The number of amides is 1. The summed E-state index contributed by atoms with van der Waals surface area (Å²) < 4.78 is 22.9. The number of aromatic nitrogens is 2. The first-order valence-electron chi connectivity index (χ1n) is 12.5. The van der Waals surface area contributed by atoms with Gasteiger partial charge in [-0.3, -0.25) is 4.79 Å². The molecule has 0 radical (unpaired) electrons. The third kappa shape index (κ3) is 5.16. The number of pyridine rings is 1. The first kappa shape index (κ1) is 25.9. The lowest BCUT2D eigenvalue weighted by Crippen LogP contribution is -2.37. The molecule has 0 spiro atoms. The summed E-state index contributed by atoms with van der Waals surface area (Å²) >= 11 is 1.47. The average molecular weight is 534 g/mol. The number of methoxy groups -OCH3 is 3. The van der Waals surface area contributed by atoms with Crippen molar-refractivity contribution in [1.29, 1.82) is 0 Å². The molecule has 9 heteroatoms. The molecular formula is C29H31N3O5S. The van der Waals surface area contributed by atoms with Gasteiger partial charge in [0.25, 0.3) is 5.91 Å². The van der Waals surface area contributed by atoms with E-state index in [2.05, 4.69) is 4.98 Å². The number of rotatable bonds is 9. The Morgan fingerprint density at radius 3 is 2.50 bits per heavy atom. The highest BCUT2D eigenvalue weighted by molar-refractivity contribution is 7.09. The van der Waals surface area contributed by atoms with Gasteiger partial charge < -0.3 is 23.8 Å². The molecule has 198 valence electrons. The molecule has 1 aliphatic rings. The molecule has 8 nitrogen and oxygen atoms in total. The molecule has 2 aromatic heterocycles. The fourth-order valence-corrected chi connectivity index (χ4v) is 5.46. The molecule has 2 aromatic carbocycles. The zero-order valence-corrected chi connectivity index (χ0v) is 22.8. The summed E-state index contributed by atoms with van der Waals surface area (Å²) in [5.74, 6) is 1.87. The van der Waals surface area contributed by atoms with Crippen LogP contribution in [0.2, 0.25) is 0 Å². The van der Waals surface area contributed by atoms with Crippen LogP contribution in [-0.2, 0) is 11.3 Å². The smallest absolute Gasteiger partial charge is 0.273 e. The van der Waals surface area contributed by atoms with Crippen LogP contribution < -0.4 is 14.2 Å². The molecule has 5 rings (SSSR count). The van der Waals surface area contributed by atoms with Crippen LogP contribution in [0, 0.1) is 6.92 Å². The lowest BCUT2D eigenvalue weighted by Gasteiger charge is -2.26. The highest BCUT2D eigenvalue weighted by Gasteiger charge is 2.27. The summed E-state index contributed by atoms with van der Waals surface area (Å²) in [7, 11) is 4.89. The third-order valence-electron chi connectivity index (χ3n) is 6.72. The Morgan fingerprint density at radius 1 is 1.05 bits per heavy atom. The van der Waals surface area contributed by atoms with Crippen LogP contribution >= 0.6 is 11.3 Å². The summed E-state index contributed by atoms with van der Waals surface area (Å²) in [6.07, 6.45) is 1.89. The number of benzene rings is 2. The van der Waals surface area contributed by atoms with Crippen molar-refractivity contribution in [2.45, 2.75) is 32.4 Å². The normalized spacial score (nSPS) is 15.0. The van der Waals surface area contributed by atoms with Crippen molar-refractivity contribution in [2.24, 2.45) is 0 Å². The van der Waals surface area contributed by atoms with Crippen LogP contribution in [-0.4, -0.2) is 61.4 Å². The lowest BCUT2D eigenvalue weighted by molar-refractivity contribution is 0.0503. The highest BCUT2D eigenvalue weighted by Crippen LogP contribution is 2.38. The molecule has 38 heavy (non-hydrogen) atoms. The van der Waals surface area contributed by atoms with Gasteiger partial charge in [0.2, 0.25) is 0 Å². The largest absolute Gasteiger partial charge is 0.496 e. The minimum atomic E-state index is -0.131. The zero-order valence-electron chi connectivity index (χ0n) is 22.0. The number of carbonyl (C=O) groups is 1. The lowest BCUT2D eigenvalue weighted by atomic mass is 10.0. The Morgan fingerprint density at radius 2 is 1.82 bits per heavy atom. The van der Waals surface area contributed by atoms with Gasteiger partial charge in [-0.2, -0.15) is 0 Å². The number of thiazole rings is 1. The van der Waals surface area contributed by atoms with E-state index in [1.165, 1.54) is 11.3 Å². The van der Waals surface area contributed by atoms with Crippen LogP contribution in [0.25, 0.3) is 22.2 Å². The van der Waals surface area contributed by atoms with Gasteiger partial charge in [-0.15, -0.1) is 11.3 Å². The van der Waals surface area contributed by atoms with Crippen LogP contribution in [0.5, 0.6) is 17.2 Å². The Kier molecular flexibility index (Phi) is 7.76. The SMILES string of the molecule is COc1ccccc1-c1nc2c(OC)ccc(OC)c2cc1CN(CC1CCCO1)C(=O)c1csc(C)n1. The minimum absolute atomic E-state index is 0.0172. The van der Waals surface area contributed by atoms with Gasteiger partial charge in [-0.1, -0.05) is 12.1 Å². The van der Waals surface area contributed by atoms with Crippen molar-refractivity contribution in [3.05, 3.63) is 64.1 Å². The first-order chi connectivity index (χ1) is 18.5. The third-order valence-corrected chi connectivity index (χ3v) is 7.50. The molecule has 4 aromatic rings. The molecule has 0 saturated carbocycles. The van der Waals surface area contributed by atoms with Crippen molar-refractivity contribution in [2.75, 3.05) is 34.5 Å². The van der Waals surface area contributed by atoms with E-state index in [4.69, 9.17) is 23.9 Å². The number of ether oxygens (including phenoxy) is 4. The standard InChI is InChI=1S/C29H31N3O5S/c1-18-30-23(17-38-18)29(33)32(16-20-8-7-13-37-20)15-19-14-22-25(35-3)11-12-26(36-4)28(22)31-27(19)21-9-5-6-10-24(21)34-2/h5-6,9-12,14,17,20H,7-8,13,15-16H2,1-4H3. The Hall–Kier alpha value is -3.69. The summed E-state index contributed by atoms with van der Waals surface area (Å²) in [5.41, 5.74) is 3.50. The van der Waals surface area contributed by atoms with E-state index in [1.54, 1.807) is 21.3 Å². The average Bonchev–Trinajstić information content (AvgIpc) is 3.63.